The number of nitrogens with two attached hydrogens (primary N) is 1. The first kappa shape index (κ1) is 12.7. The van der Waals surface area contributed by atoms with Gasteiger partial charge in [0.05, 0.1) is 16.8 Å². The maximum atomic E-state index is 13.4. The summed E-state index contributed by atoms with van der Waals surface area (Å²) < 4.78 is 26.4. The van der Waals surface area contributed by atoms with Gasteiger partial charge in [-0.25, -0.2) is 13.8 Å². The van der Waals surface area contributed by atoms with Gasteiger partial charge in [0.15, 0.2) is 11.6 Å². The molecule has 94 valence electrons. The number of anilines is 2. The first-order valence-corrected chi connectivity index (χ1v) is 5.97. The fourth-order valence-electron chi connectivity index (χ4n) is 1.15. The minimum atomic E-state index is -1.05. The van der Waals surface area contributed by atoms with E-state index in [0.717, 1.165) is 12.3 Å². The normalized spacial score (nSPS) is 11.1. The lowest BCUT2D eigenvalue weighted by Gasteiger charge is -2.00. The molecule has 1 heterocycles. The number of thiazole rings is 1. The van der Waals surface area contributed by atoms with Crippen LogP contribution in [0, 0.1) is 11.6 Å². The summed E-state index contributed by atoms with van der Waals surface area (Å²) in [5, 5.41) is 5.84. The number of hydrogen-bond donors (Lipinski definition) is 2. The summed E-state index contributed by atoms with van der Waals surface area (Å²) in [6.45, 7) is 0. The second-order valence-electron chi connectivity index (χ2n) is 3.20. The van der Waals surface area contributed by atoms with Crippen molar-refractivity contribution in [2.45, 2.75) is 0 Å². The summed E-state index contributed by atoms with van der Waals surface area (Å²) in [7, 11) is 0. The number of halogens is 3. The van der Waals surface area contributed by atoms with Gasteiger partial charge in [-0.3, -0.25) is 5.43 Å². The molecule has 0 atom stereocenters. The van der Waals surface area contributed by atoms with Gasteiger partial charge in [-0.2, -0.15) is 5.10 Å². The van der Waals surface area contributed by atoms with E-state index >= 15 is 0 Å². The van der Waals surface area contributed by atoms with Crippen LogP contribution in [-0.2, 0) is 0 Å². The molecule has 2 aromatic rings. The molecule has 8 heteroatoms. The highest BCUT2D eigenvalue weighted by Gasteiger charge is 2.10. The lowest BCUT2D eigenvalue weighted by Crippen LogP contribution is -1.97. The molecule has 0 aliphatic heterocycles. The van der Waals surface area contributed by atoms with Crippen LogP contribution in [0.2, 0.25) is 5.02 Å². The van der Waals surface area contributed by atoms with Crippen LogP contribution in [0.5, 0.6) is 0 Å². The molecule has 0 saturated heterocycles. The van der Waals surface area contributed by atoms with Gasteiger partial charge in [-0.15, -0.1) is 11.3 Å². The minimum Gasteiger partial charge on any atom is -0.383 e. The summed E-state index contributed by atoms with van der Waals surface area (Å²) in [5.74, 6) is -1.68. The number of rotatable bonds is 3. The molecule has 0 spiro atoms. The van der Waals surface area contributed by atoms with E-state index in [9.17, 15) is 8.78 Å². The third-order valence-electron chi connectivity index (χ3n) is 1.96. The Morgan fingerprint density at radius 3 is 2.89 bits per heavy atom. The maximum absolute atomic E-state index is 13.4. The Hall–Kier alpha value is -1.73. The van der Waals surface area contributed by atoms with E-state index in [0.29, 0.717) is 10.9 Å². The Labute approximate surface area is 110 Å². The van der Waals surface area contributed by atoms with Crippen molar-refractivity contribution < 1.29 is 8.78 Å². The summed E-state index contributed by atoms with van der Waals surface area (Å²) in [6, 6.07) is 2.20. The van der Waals surface area contributed by atoms with Crippen LogP contribution >= 0.6 is 22.9 Å². The van der Waals surface area contributed by atoms with E-state index in [4.69, 9.17) is 17.3 Å². The second-order valence-corrected chi connectivity index (χ2v) is 4.47. The first-order valence-electron chi connectivity index (χ1n) is 4.71. The molecule has 18 heavy (non-hydrogen) atoms. The van der Waals surface area contributed by atoms with Gasteiger partial charge in [0.25, 0.3) is 0 Å². The van der Waals surface area contributed by atoms with Gasteiger partial charge in [0.1, 0.15) is 5.82 Å². The molecule has 0 aliphatic carbocycles. The molecule has 1 aromatic carbocycles. The van der Waals surface area contributed by atoms with Crippen LogP contribution in [0.1, 0.15) is 5.56 Å². The van der Waals surface area contributed by atoms with E-state index in [1.807, 2.05) is 0 Å². The molecular weight excluding hydrogens is 282 g/mol. The van der Waals surface area contributed by atoms with Crippen LogP contribution in [0.3, 0.4) is 0 Å². The minimum absolute atomic E-state index is 0.0677. The van der Waals surface area contributed by atoms with Crippen molar-refractivity contribution >= 4 is 40.1 Å². The summed E-state index contributed by atoms with van der Waals surface area (Å²) in [4.78, 5) is 3.87. The van der Waals surface area contributed by atoms with Crippen LogP contribution in [0.15, 0.2) is 22.6 Å². The van der Waals surface area contributed by atoms with Crippen LogP contribution < -0.4 is 11.2 Å². The molecule has 0 bridgehead atoms. The van der Waals surface area contributed by atoms with Crippen molar-refractivity contribution in [2.75, 3.05) is 11.2 Å². The van der Waals surface area contributed by atoms with E-state index in [-0.39, 0.29) is 10.6 Å². The molecule has 0 aliphatic rings. The van der Waals surface area contributed by atoms with Crippen molar-refractivity contribution in [3.8, 4) is 0 Å². The number of nitrogens with zero attached hydrogens (tertiary/aromatic N) is 2. The Kier molecular flexibility index (Phi) is 3.73. The molecule has 0 unspecified atom stereocenters. The topological polar surface area (TPSA) is 63.3 Å². The van der Waals surface area contributed by atoms with Crippen molar-refractivity contribution in [2.24, 2.45) is 5.10 Å². The van der Waals surface area contributed by atoms with Gasteiger partial charge in [-0.05, 0) is 12.1 Å². The molecule has 1 aromatic heterocycles. The summed E-state index contributed by atoms with van der Waals surface area (Å²) >= 11 is 6.96. The number of benzene rings is 1. The Bertz CT molecular complexity index is 600. The number of nitrogen functional groups attached to an aromatic ring is 1. The van der Waals surface area contributed by atoms with E-state index < -0.39 is 11.6 Å². The Balaban J connectivity index is 2.16. The SMILES string of the molecule is Nc1csc(NN=Cc2c(Cl)ccc(F)c2F)n1. The largest absolute Gasteiger partial charge is 0.383 e. The first-order chi connectivity index (χ1) is 8.58. The molecule has 0 amide bonds. The molecule has 4 nitrogen and oxygen atoms in total. The van der Waals surface area contributed by atoms with Crippen LogP contribution in [-0.4, -0.2) is 11.2 Å². The van der Waals surface area contributed by atoms with E-state index in [2.05, 4.69) is 15.5 Å². The average molecular weight is 289 g/mol. The van der Waals surface area contributed by atoms with Crippen LogP contribution in [0.25, 0.3) is 0 Å². The maximum Gasteiger partial charge on any atom is 0.205 e. The third-order valence-corrected chi connectivity index (χ3v) is 3.05. The number of aromatic nitrogens is 1. The van der Waals surface area contributed by atoms with Crippen molar-refractivity contribution in [3.05, 3.63) is 39.7 Å². The zero-order valence-corrected chi connectivity index (χ0v) is 10.4. The second kappa shape index (κ2) is 5.28. The highest BCUT2D eigenvalue weighted by molar-refractivity contribution is 7.14. The van der Waals surface area contributed by atoms with Gasteiger partial charge >= 0.3 is 0 Å². The summed E-state index contributed by atoms with van der Waals surface area (Å²) in [6.07, 6.45) is 1.08. The predicted octanol–water partition coefficient (Wildman–Crippen LogP) is 3.10. The molecule has 0 radical (unpaired) electrons. The number of nitrogens with one attached hydrogen (secondary N) is 1. The Morgan fingerprint density at radius 2 is 2.22 bits per heavy atom. The highest BCUT2D eigenvalue weighted by atomic mass is 35.5. The van der Waals surface area contributed by atoms with Gasteiger partial charge in [0, 0.05) is 5.38 Å². The Morgan fingerprint density at radius 1 is 1.44 bits per heavy atom. The molecule has 0 fully saturated rings. The van der Waals surface area contributed by atoms with Gasteiger partial charge in [-0.1, -0.05) is 11.6 Å². The number of hydrazone groups is 1. The van der Waals surface area contributed by atoms with Crippen molar-refractivity contribution in [1.29, 1.82) is 0 Å². The zero-order valence-electron chi connectivity index (χ0n) is 8.82. The molecule has 0 saturated carbocycles. The average Bonchev–Trinajstić information content (AvgIpc) is 2.74. The highest BCUT2D eigenvalue weighted by Crippen LogP contribution is 2.20. The fraction of sp³-hybridized carbons (Fsp3) is 0. The monoisotopic (exact) mass is 288 g/mol. The van der Waals surface area contributed by atoms with Gasteiger partial charge in [0.2, 0.25) is 5.13 Å². The lowest BCUT2D eigenvalue weighted by atomic mass is 10.2. The van der Waals surface area contributed by atoms with E-state index in [1.54, 1.807) is 5.38 Å². The van der Waals surface area contributed by atoms with E-state index in [1.165, 1.54) is 17.4 Å². The van der Waals surface area contributed by atoms with Crippen molar-refractivity contribution in [3.63, 3.8) is 0 Å². The lowest BCUT2D eigenvalue weighted by molar-refractivity contribution is 0.507. The van der Waals surface area contributed by atoms with Crippen LogP contribution in [0.4, 0.5) is 19.7 Å². The number of hydrogen-bond acceptors (Lipinski definition) is 5. The standard InChI is InChI=1S/C10H7ClF2N4S/c11-6-1-2-7(12)9(13)5(6)3-15-17-10-16-8(14)4-18-10/h1-4H,14H2,(H,16,17). The molecular formula is C10H7ClF2N4S. The van der Waals surface area contributed by atoms with Gasteiger partial charge < -0.3 is 5.73 Å². The van der Waals surface area contributed by atoms with Crippen molar-refractivity contribution in [1.82, 2.24) is 4.98 Å². The third kappa shape index (κ3) is 2.74. The summed E-state index contributed by atoms with van der Waals surface area (Å²) in [5.41, 5.74) is 7.81. The quantitative estimate of drug-likeness (QED) is 0.518. The fourth-order valence-corrected chi connectivity index (χ4v) is 1.89. The zero-order chi connectivity index (χ0) is 13.1. The molecule has 2 rings (SSSR count). The smallest absolute Gasteiger partial charge is 0.205 e. The molecule has 3 N–H and O–H groups in total. The predicted molar refractivity (Wildman–Crippen MR) is 69.1 cm³/mol.